The van der Waals surface area contributed by atoms with Crippen LogP contribution in [0.15, 0.2) is 18.2 Å². The molecular weight excluding hydrogens is 316 g/mol. The van der Waals surface area contributed by atoms with Gasteiger partial charge in [0.1, 0.15) is 5.01 Å². The predicted molar refractivity (Wildman–Crippen MR) is 89.0 cm³/mol. The number of nitrogens with zero attached hydrogens (tertiary/aromatic N) is 3. The highest BCUT2D eigenvalue weighted by Crippen LogP contribution is 2.27. The Morgan fingerprint density at radius 1 is 1.43 bits per heavy atom. The van der Waals surface area contributed by atoms with Crippen LogP contribution in [-0.2, 0) is 0 Å². The van der Waals surface area contributed by atoms with Crippen molar-refractivity contribution >= 4 is 28.1 Å². The van der Waals surface area contributed by atoms with Crippen molar-refractivity contribution in [2.45, 2.75) is 39.5 Å². The van der Waals surface area contributed by atoms with Gasteiger partial charge in [-0.1, -0.05) is 37.7 Å². The Morgan fingerprint density at radius 2 is 2.17 bits per heavy atom. The summed E-state index contributed by atoms with van der Waals surface area (Å²) in [5.74, 6) is -0.125. The first-order valence-electron chi connectivity index (χ1n) is 7.32. The summed E-state index contributed by atoms with van der Waals surface area (Å²) in [5.41, 5.74) is 0.517. The van der Waals surface area contributed by atoms with Crippen LogP contribution in [0.1, 0.15) is 53.5 Å². The van der Waals surface area contributed by atoms with E-state index in [1.165, 1.54) is 23.5 Å². The second kappa shape index (κ2) is 7.28. The molecule has 0 fully saturated rings. The number of nitro benzene ring substituents is 1. The van der Waals surface area contributed by atoms with Crippen molar-refractivity contribution in [1.82, 2.24) is 10.2 Å². The summed E-state index contributed by atoms with van der Waals surface area (Å²) in [7, 11) is 0. The third-order valence-electron chi connectivity index (χ3n) is 3.55. The first kappa shape index (κ1) is 17.0. The maximum absolute atomic E-state index is 12.3. The van der Waals surface area contributed by atoms with E-state index in [0.29, 0.717) is 16.6 Å². The second-order valence-electron chi connectivity index (χ2n) is 5.30. The number of rotatable bonds is 6. The van der Waals surface area contributed by atoms with Crippen LogP contribution in [0.2, 0.25) is 0 Å². The van der Waals surface area contributed by atoms with Crippen LogP contribution in [0.4, 0.5) is 10.8 Å². The van der Waals surface area contributed by atoms with Gasteiger partial charge in [0.15, 0.2) is 0 Å². The zero-order valence-electron chi connectivity index (χ0n) is 13.2. The lowest BCUT2D eigenvalue weighted by Crippen LogP contribution is -2.14. The minimum absolute atomic E-state index is 0.0767. The van der Waals surface area contributed by atoms with Crippen molar-refractivity contribution in [1.29, 1.82) is 0 Å². The smallest absolute Gasteiger partial charge is 0.273 e. The van der Waals surface area contributed by atoms with Crippen LogP contribution < -0.4 is 5.32 Å². The standard InChI is InChI=1S/C15H18N4O3S/c1-4-6-9(2)14-17-18-15(23-14)16-13(20)11-7-5-8-12(10(11)3)19(21)22/h5,7-9H,4,6H2,1-3H3,(H,16,18,20). The molecule has 0 aliphatic rings. The molecule has 2 rings (SSSR count). The van der Waals surface area contributed by atoms with Gasteiger partial charge < -0.3 is 0 Å². The van der Waals surface area contributed by atoms with Gasteiger partial charge in [-0.3, -0.25) is 20.2 Å². The maximum Gasteiger partial charge on any atom is 0.273 e. The van der Waals surface area contributed by atoms with Gasteiger partial charge >= 0.3 is 0 Å². The monoisotopic (exact) mass is 334 g/mol. The molecule has 8 heteroatoms. The molecule has 0 spiro atoms. The molecule has 1 unspecified atom stereocenters. The van der Waals surface area contributed by atoms with E-state index in [9.17, 15) is 14.9 Å². The van der Waals surface area contributed by atoms with E-state index in [2.05, 4.69) is 29.4 Å². The zero-order chi connectivity index (χ0) is 17.0. The van der Waals surface area contributed by atoms with Crippen molar-refractivity contribution in [3.8, 4) is 0 Å². The molecular formula is C15H18N4O3S. The molecule has 0 saturated carbocycles. The van der Waals surface area contributed by atoms with Crippen molar-refractivity contribution in [3.63, 3.8) is 0 Å². The number of amides is 1. The van der Waals surface area contributed by atoms with Crippen molar-refractivity contribution < 1.29 is 9.72 Å². The van der Waals surface area contributed by atoms with Crippen molar-refractivity contribution in [2.75, 3.05) is 5.32 Å². The summed E-state index contributed by atoms with van der Waals surface area (Å²) in [6.45, 7) is 5.73. The number of carbonyl (C=O) groups excluding carboxylic acids is 1. The maximum atomic E-state index is 12.3. The summed E-state index contributed by atoms with van der Waals surface area (Å²) in [5, 5.41) is 23.0. The molecule has 1 aromatic carbocycles. The lowest BCUT2D eigenvalue weighted by molar-refractivity contribution is -0.385. The zero-order valence-corrected chi connectivity index (χ0v) is 14.0. The van der Waals surface area contributed by atoms with E-state index in [4.69, 9.17) is 0 Å². The van der Waals surface area contributed by atoms with Gasteiger partial charge in [-0.2, -0.15) is 0 Å². The molecule has 122 valence electrons. The van der Waals surface area contributed by atoms with Crippen LogP contribution in [0.3, 0.4) is 0 Å². The molecule has 0 radical (unpaired) electrons. The predicted octanol–water partition coefficient (Wildman–Crippen LogP) is 3.91. The number of carbonyl (C=O) groups is 1. The third kappa shape index (κ3) is 3.89. The molecule has 2 aromatic rings. The highest BCUT2D eigenvalue weighted by atomic mass is 32.1. The Hall–Kier alpha value is -2.35. The molecule has 1 atom stereocenters. The van der Waals surface area contributed by atoms with E-state index < -0.39 is 10.8 Å². The Morgan fingerprint density at radius 3 is 2.83 bits per heavy atom. The Labute approximate surface area is 137 Å². The van der Waals surface area contributed by atoms with E-state index in [0.717, 1.165) is 17.8 Å². The van der Waals surface area contributed by atoms with E-state index >= 15 is 0 Å². The summed E-state index contributed by atoms with van der Waals surface area (Å²) in [6.07, 6.45) is 2.06. The number of nitrogens with one attached hydrogen (secondary N) is 1. The Kier molecular flexibility index (Phi) is 5.38. The molecule has 7 nitrogen and oxygen atoms in total. The molecule has 1 amide bonds. The van der Waals surface area contributed by atoms with Crippen molar-refractivity contribution in [3.05, 3.63) is 44.4 Å². The fourth-order valence-corrected chi connectivity index (χ4v) is 3.10. The quantitative estimate of drug-likeness (QED) is 0.638. The Bertz CT molecular complexity index is 729. The number of hydrogen-bond donors (Lipinski definition) is 1. The number of anilines is 1. The van der Waals surface area contributed by atoms with E-state index in [1.54, 1.807) is 13.0 Å². The van der Waals surface area contributed by atoms with E-state index in [-0.39, 0.29) is 11.3 Å². The highest BCUT2D eigenvalue weighted by molar-refractivity contribution is 7.15. The first-order valence-corrected chi connectivity index (χ1v) is 8.14. The lowest BCUT2D eigenvalue weighted by atomic mass is 10.1. The van der Waals surface area contributed by atoms with Gasteiger partial charge in [0.2, 0.25) is 5.13 Å². The lowest BCUT2D eigenvalue weighted by Gasteiger charge is -2.05. The number of hydrogen-bond acceptors (Lipinski definition) is 6. The van der Waals surface area contributed by atoms with Crippen LogP contribution in [-0.4, -0.2) is 21.0 Å². The van der Waals surface area contributed by atoms with Gasteiger partial charge in [0.25, 0.3) is 11.6 Å². The number of aromatic nitrogens is 2. The fourth-order valence-electron chi connectivity index (χ4n) is 2.27. The van der Waals surface area contributed by atoms with Gasteiger partial charge in [-0.25, -0.2) is 0 Å². The largest absolute Gasteiger partial charge is 0.296 e. The SMILES string of the molecule is CCCC(C)c1nnc(NC(=O)c2cccc([N+](=O)[O-])c2C)s1. The van der Waals surface area contributed by atoms with Gasteiger partial charge in [-0.15, -0.1) is 10.2 Å². The third-order valence-corrected chi connectivity index (χ3v) is 4.62. The topological polar surface area (TPSA) is 98.0 Å². The molecule has 1 heterocycles. The van der Waals surface area contributed by atoms with Crippen molar-refractivity contribution in [2.24, 2.45) is 0 Å². The Balaban J connectivity index is 2.17. The molecule has 0 saturated heterocycles. The number of benzene rings is 1. The molecule has 0 aliphatic carbocycles. The molecule has 0 aliphatic heterocycles. The average molecular weight is 334 g/mol. The summed E-state index contributed by atoms with van der Waals surface area (Å²) in [4.78, 5) is 22.8. The summed E-state index contributed by atoms with van der Waals surface area (Å²) in [6, 6.07) is 4.43. The van der Waals surface area contributed by atoms with Gasteiger partial charge in [0, 0.05) is 23.1 Å². The molecule has 0 bridgehead atoms. The normalized spacial score (nSPS) is 12.0. The fraction of sp³-hybridized carbons (Fsp3) is 0.400. The molecule has 23 heavy (non-hydrogen) atoms. The van der Waals surface area contributed by atoms with Crippen LogP contribution >= 0.6 is 11.3 Å². The highest BCUT2D eigenvalue weighted by Gasteiger charge is 2.19. The minimum Gasteiger partial charge on any atom is -0.296 e. The summed E-state index contributed by atoms with van der Waals surface area (Å²) >= 11 is 1.33. The van der Waals surface area contributed by atoms with E-state index in [1.807, 2.05) is 0 Å². The van der Waals surface area contributed by atoms with Crippen LogP contribution in [0.5, 0.6) is 0 Å². The number of nitro groups is 1. The van der Waals surface area contributed by atoms with Gasteiger partial charge in [0.05, 0.1) is 4.92 Å². The second-order valence-corrected chi connectivity index (χ2v) is 6.31. The van der Waals surface area contributed by atoms with Crippen LogP contribution in [0.25, 0.3) is 0 Å². The van der Waals surface area contributed by atoms with Crippen LogP contribution in [0, 0.1) is 17.0 Å². The molecule has 1 N–H and O–H groups in total. The first-order chi connectivity index (χ1) is 10.9. The minimum atomic E-state index is -0.498. The van der Waals surface area contributed by atoms with Gasteiger partial charge in [-0.05, 0) is 19.4 Å². The summed E-state index contributed by atoms with van der Waals surface area (Å²) < 4.78 is 0. The average Bonchev–Trinajstić information content (AvgIpc) is 2.96. The molecule has 1 aromatic heterocycles.